The van der Waals surface area contributed by atoms with Gasteiger partial charge in [-0.15, -0.1) is 11.8 Å². The maximum atomic E-state index is 14.3. The highest BCUT2D eigenvalue weighted by molar-refractivity contribution is 8.02. The van der Waals surface area contributed by atoms with Gasteiger partial charge in [0.2, 0.25) is 5.78 Å². The van der Waals surface area contributed by atoms with Crippen molar-refractivity contribution in [1.29, 1.82) is 0 Å². The third-order valence-electron chi connectivity index (χ3n) is 4.45. The summed E-state index contributed by atoms with van der Waals surface area (Å²) < 4.78 is 34.5. The van der Waals surface area contributed by atoms with Crippen LogP contribution >= 0.6 is 11.8 Å². The van der Waals surface area contributed by atoms with Gasteiger partial charge in [-0.2, -0.15) is 0 Å². The highest BCUT2D eigenvalue weighted by Gasteiger charge is 2.22. The maximum Gasteiger partial charge on any atom is 0.215 e. The van der Waals surface area contributed by atoms with E-state index in [4.69, 9.17) is 4.74 Å². The number of ketones is 1. The average Bonchev–Trinajstić information content (AvgIpc) is 3.27. The maximum absolute atomic E-state index is 14.3. The van der Waals surface area contributed by atoms with Crippen LogP contribution in [0, 0.1) is 11.6 Å². The molecule has 0 radical (unpaired) electrons. The topological polar surface area (TPSA) is 56.1 Å². The largest absolute Gasteiger partial charge is 0.496 e. The van der Waals surface area contributed by atoms with Gasteiger partial charge in [-0.25, -0.2) is 13.8 Å². The predicted octanol–water partition coefficient (Wildman–Crippen LogP) is 4.37. The zero-order valence-electron chi connectivity index (χ0n) is 16.6. The first-order valence-electron chi connectivity index (χ1n) is 9.17. The number of carbonyl (C=O) groups excluding carboxylic acids is 1. The Morgan fingerprint density at radius 3 is 2.70 bits per heavy atom. The van der Waals surface area contributed by atoms with Gasteiger partial charge in [-0.1, -0.05) is 18.2 Å². The van der Waals surface area contributed by atoms with Crippen LogP contribution in [0.5, 0.6) is 5.75 Å². The minimum Gasteiger partial charge on any atom is -0.496 e. The molecule has 0 saturated carbocycles. The van der Waals surface area contributed by atoms with Crippen molar-refractivity contribution in [3.8, 4) is 5.75 Å². The first-order chi connectivity index (χ1) is 14.5. The fourth-order valence-corrected chi connectivity index (χ4v) is 3.64. The Kier molecular flexibility index (Phi) is 7.24. The summed E-state index contributed by atoms with van der Waals surface area (Å²) in [6.07, 6.45) is 7.07. The van der Waals surface area contributed by atoms with Crippen molar-refractivity contribution >= 4 is 23.2 Å². The van der Waals surface area contributed by atoms with Crippen molar-refractivity contribution in [2.45, 2.75) is 6.42 Å². The summed E-state index contributed by atoms with van der Waals surface area (Å²) in [6.45, 7) is 0.522. The van der Waals surface area contributed by atoms with Gasteiger partial charge in [0, 0.05) is 25.0 Å². The lowest BCUT2D eigenvalue weighted by atomic mass is 10.1. The Hall–Kier alpha value is -3.13. The highest BCUT2D eigenvalue weighted by Crippen LogP contribution is 2.25. The van der Waals surface area contributed by atoms with Gasteiger partial charge in [0.25, 0.3) is 0 Å². The third kappa shape index (κ3) is 4.88. The quantitative estimate of drug-likeness (QED) is 0.404. The number of ether oxygens (including phenoxy) is 1. The second-order valence-electron chi connectivity index (χ2n) is 6.29. The van der Waals surface area contributed by atoms with Crippen molar-refractivity contribution in [2.24, 2.45) is 0 Å². The van der Waals surface area contributed by atoms with Crippen LogP contribution in [0.1, 0.15) is 15.9 Å². The molecule has 30 heavy (non-hydrogen) atoms. The average molecular weight is 429 g/mol. The van der Waals surface area contributed by atoms with Crippen LogP contribution in [0.4, 0.5) is 8.78 Å². The summed E-state index contributed by atoms with van der Waals surface area (Å²) in [7, 11) is 1.62. The number of benzene rings is 2. The number of Topliss-reactive ketones (excluding diaryl/α,β-unsaturated/α-hetero) is 1. The predicted molar refractivity (Wildman–Crippen MR) is 114 cm³/mol. The zero-order chi connectivity index (χ0) is 21.5. The Morgan fingerprint density at radius 1 is 1.23 bits per heavy atom. The fourth-order valence-electron chi connectivity index (χ4n) is 3.00. The van der Waals surface area contributed by atoms with E-state index in [1.165, 1.54) is 28.9 Å². The van der Waals surface area contributed by atoms with Crippen LogP contribution < -0.4 is 10.1 Å². The highest BCUT2D eigenvalue weighted by atomic mass is 32.2. The minimum absolute atomic E-state index is 0.210. The number of hydrogen-bond donors (Lipinski definition) is 1. The molecule has 0 unspecified atom stereocenters. The van der Waals surface area contributed by atoms with Crippen LogP contribution in [0.2, 0.25) is 0 Å². The first-order valence-corrected chi connectivity index (χ1v) is 10.4. The lowest BCUT2D eigenvalue weighted by Crippen LogP contribution is -2.21. The number of rotatable bonds is 9. The number of methoxy groups -OCH3 is 1. The van der Waals surface area contributed by atoms with Crippen LogP contribution in [-0.4, -0.2) is 35.2 Å². The molecule has 1 aromatic heterocycles. The first kappa shape index (κ1) is 21.6. The molecular formula is C22H21F2N3O2S. The molecule has 0 bridgehead atoms. The molecule has 0 saturated heterocycles. The number of nitrogens with zero attached hydrogens (tertiary/aromatic N) is 2. The number of imidazole rings is 1. The number of carbonyl (C=O) groups is 1. The summed E-state index contributed by atoms with van der Waals surface area (Å²) >= 11 is 1.32. The molecule has 0 spiro atoms. The molecule has 3 rings (SSSR count). The Morgan fingerprint density at radius 2 is 2.03 bits per heavy atom. The third-order valence-corrected chi connectivity index (χ3v) is 5.19. The summed E-state index contributed by atoms with van der Waals surface area (Å²) in [4.78, 5) is 17.2. The van der Waals surface area contributed by atoms with Gasteiger partial charge in [-0.05, 0) is 36.4 Å². The lowest BCUT2D eigenvalue weighted by Gasteiger charge is -2.16. The number of aromatic nitrogens is 2. The van der Waals surface area contributed by atoms with E-state index in [0.29, 0.717) is 24.1 Å². The Balaban J connectivity index is 1.91. The smallest absolute Gasteiger partial charge is 0.215 e. The van der Waals surface area contributed by atoms with Crippen molar-refractivity contribution in [3.63, 3.8) is 0 Å². The summed E-state index contributed by atoms with van der Waals surface area (Å²) in [5.74, 6) is -1.43. The summed E-state index contributed by atoms with van der Waals surface area (Å²) in [5.41, 5.74) is 1.02. The molecule has 156 valence electrons. The molecule has 0 aliphatic heterocycles. The van der Waals surface area contributed by atoms with E-state index in [9.17, 15) is 13.6 Å². The van der Waals surface area contributed by atoms with Crippen molar-refractivity contribution in [3.05, 3.63) is 89.0 Å². The number of para-hydroxylation sites is 1. The van der Waals surface area contributed by atoms with Gasteiger partial charge in [0.05, 0.1) is 24.0 Å². The number of hydrogen-bond acceptors (Lipinski definition) is 5. The second kappa shape index (κ2) is 10.1. The van der Waals surface area contributed by atoms with Gasteiger partial charge >= 0.3 is 0 Å². The number of thioether (sulfide) groups is 1. The molecule has 2 aromatic carbocycles. The van der Waals surface area contributed by atoms with E-state index >= 15 is 0 Å². The SMILES string of the molecule is COc1ccccc1CCNC(SC)=C(C(=O)c1ccc(F)cc1F)n1ccnc1. The van der Waals surface area contributed by atoms with E-state index in [2.05, 4.69) is 10.3 Å². The summed E-state index contributed by atoms with van der Waals surface area (Å²) in [5, 5.41) is 3.81. The normalized spacial score (nSPS) is 11.7. The van der Waals surface area contributed by atoms with Crippen LogP contribution in [0.25, 0.3) is 5.70 Å². The number of nitrogens with one attached hydrogen (secondary N) is 1. The monoisotopic (exact) mass is 429 g/mol. The molecule has 1 N–H and O–H groups in total. The van der Waals surface area contributed by atoms with Crippen molar-refractivity contribution in [1.82, 2.24) is 14.9 Å². The van der Waals surface area contributed by atoms with E-state index in [1.807, 2.05) is 30.5 Å². The van der Waals surface area contributed by atoms with Gasteiger partial charge in [0.1, 0.15) is 23.1 Å². The van der Waals surface area contributed by atoms with Gasteiger partial charge in [-0.3, -0.25) is 4.79 Å². The Labute approximate surface area is 177 Å². The minimum atomic E-state index is -0.910. The van der Waals surface area contributed by atoms with Crippen molar-refractivity contribution in [2.75, 3.05) is 19.9 Å². The van der Waals surface area contributed by atoms with E-state index < -0.39 is 17.4 Å². The fraction of sp³-hybridized carbons (Fsp3) is 0.182. The van der Waals surface area contributed by atoms with Crippen LogP contribution in [0.15, 0.2) is 66.2 Å². The van der Waals surface area contributed by atoms with E-state index in [0.717, 1.165) is 23.4 Å². The van der Waals surface area contributed by atoms with E-state index in [1.54, 1.807) is 13.3 Å². The molecule has 5 nitrogen and oxygen atoms in total. The van der Waals surface area contributed by atoms with Crippen molar-refractivity contribution < 1.29 is 18.3 Å². The van der Waals surface area contributed by atoms with Crippen LogP contribution in [0.3, 0.4) is 0 Å². The van der Waals surface area contributed by atoms with Crippen LogP contribution in [-0.2, 0) is 6.42 Å². The molecule has 0 fully saturated rings. The molecule has 0 aliphatic rings. The number of allylic oxidation sites excluding steroid dienone is 1. The molecule has 1 heterocycles. The van der Waals surface area contributed by atoms with Gasteiger partial charge < -0.3 is 14.6 Å². The molecule has 3 aromatic rings. The number of halogens is 2. The standard InChI is InChI=1S/C22H21F2N3O2S/c1-29-19-6-4-3-5-15(19)9-10-26-22(30-2)20(27-12-11-25-14-27)21(28)17-8-7-16(23)13-18(17)24/h3-8,11-14,26H,9-10H2,1-2H3. The van der Waals surface area contributed by atoms with E-state index in [-0.39, 0.29) is 11.3 Å². The second-order valence-corrected chi connectivity index (χ2v) is 7.11. The molecule has 0 atom stereocenters. The lowest BCUT2D eigenvalue weighted by molar-refractivity contribution is 0.104. The summed E-state index contributed by atoms with van der Waals surface area (Å²) in [6, 6.07) is 10.6. The Bertz CT molecular complexity index is 1050. The molecule has 8 heteroatoms. The molecule has 0 amide bonds. The van der Waals surface area contributed by atoms with Gasteiger partial charge in [0.15, 0.2) is 0 Å². The molecular weight excluding hydrogens is 408 g/mol. The molecule has 0 aliphatic carbocycles. The zero-order valence-corrected chi connectivity index (χ0v) is 17.4.